The Balaban J connectivity index is 1.61. The van der Waals surface area contributed by atoms with Gasteiger partial charge in [0.2, 0.25) is 5.76 Å². The van der Waals surface area contributed by atoms with Crippen molar-refractivity contribution in [2.45, 2.75) is 17.7 Å². The lowest BCUT2D eigenvalue weighted by Crippen LogP contribution is -2.47. The maximum Gasteiger partial charge on any atom is 0.374 e. The van der Waals surface area contributed by atoms with E-state index in [0.29, 0.717) is 42.8 Å². The Bertz CT molecular complexity index is 898. The molecule has 7 nitrogen and oxygen atoms in total. The first-order valence-corrected chi connectivity index (χ1v) is 10.6. The first-order chi connectivity index (χ1) is 12.3. The van der Waals surface area contributed by atoms with Crippen LogP contribution in [0.2, 0.25) is 4.34 Å². The number of hydrogen-bond acceptors (Lipinski definition) is 7. The van der Waals surface area contributed by atoms with Gasteiger partial charge in [0.15, 0.2) is 0 Å². The van der Waals surface area contributed by atoms with Crippen LogP contribution in [0.15, 0.2) is 26.8 Å². The van der Waals surface area contributed by atoms with Crippen molar-refractivity contribution in [1.82, 2.24) is 9.21 Å². The molecule has 3 heterocycles. The fraction of sp³-hybridized carbons (Fsp3) is 0.438. The van der Waals surface area contributed by atoms with E-state index in [1.807, 2.05) is 6.07 Å². The van der Waals surface area contributed by atoms with Crippen LogP contribution in [-0.2, 0) is 21.3 Å². The van der Waals surface area contributed by atoms with Gasteiger partial charge in [-0.15, -0.1) is 11.3 Å². The monoisotopic (exact) mass is 418 g/mol. The molecule has 3 rings (SSSR count). The summed E-state index contributed by atoms with van der Waals surface area (Å²) in [5.41, 5.74) is 0.725. The van der Waals surface area contributed by atoms with Gasteiger partial charge in [0, 0.05) is 31.7 Å². The van der Waals surface area contributed by atoms with Gasteiger partial charge in [-0.1, -0.05) is 11.6 Å². The van der Waals surface area contributed by atoms with E-state index >= 15 is 0 Å². The second kappa shape index (κ2) is 7.69. The van der Waals surface area contributed by atoms with E-state index in [4.69, 9.17) is 16.0 Å². The Morgan fingerprint density at radius 3 is 2.58 bits per heavy atom. The fourth-order valence-corrected chi connectivity index (χ4v) is 5.89. The van der Waals surface area contributed by atoms with Crippen molar-refractivity contribution in [2.75, 3.05) is 33.3 Å². The predicted octanol–water partition coefficient (Wildman–Crippen LogP) is 2.60. The largest absolute Gasteiger partial charge is 0.463 e. The molecule has 0 bridgehead atoms. The third-order valence-corrected chi connectivity index (χ3v) is 7.79. The summed E-state index contributed by atoms with van der Waals surface area (Å²) in [4.78, 5) is 13.7. The molecule has 0 atom stereocenters. The number of esters is 1. The third kappa shape index (κ3) is 3.96. The number of furan rings is 1. The minimum absolute atomic E-state index is 0.207. The maximum atomic E-state index is 12.6. The first-order valence-electron chi connectivity index (χ1n) is 7.96. The zero-order valence-electron chi connectivity index (χ0n) is 14.4. The molecule has 2 aromatic heterocycles. The van der Waals surface area contributed by atoms with E-state index in [0.717, 1.165) is 16.9 Å². The van der Waals surface area contributed by atoms with Gasteiger partial charge in [-0.2, -0.15) is 4.31 Å². The number of rotatable bonds is 5. The quantitative estimate of drug-likeness (QED) is 0.694. The summed E-state index contributed by atoms with van der Waals surface area (Å²) in [5.74, 6) is 0.363. The zero-order chi connectivity index (χ0) is 18.9. The second-order valence-electron chi connectivity index (χ2n) is 5.96. The highest BCUT2D eigenvalue weighted by atomic mass is 35.5. The Morgan fingerprint density at radius 2 is 2.00 bits per heavy atom. The molecule has 1 fully saturated rings. The standard InChI is InChI=1S/C16H19ClN2O5S2/c1-11-9-12(24-15(11)16(20)23-2)10-18-5-7-19(8-6-18)26(21,22)14-4-3-13(17)25-14/h3-4,9H,5-8,10H2,1-2H3. The predicted molar refractivity (Wildman–Crippen MR) is 98.1 cm³/mol. The van der Waals surface area contributed by atoms with Crippen molar-refractivity contribution in [2.24, 2.45) is 0 Å². The second-order valence-corrected chi connectivity index (χ2v) is 9.84. The maximum absolute atomic E-state index is 12.6. The number of aryl methyl sites for hydroxylation is 1. The molecule has 0 spiro atoms. The van der Waals surface area contributed by atoms with Crippen LogP contribution in [0.5, 0.6) is 0 Å². The minimum Gasteiger partial charge on any atom is -0.463 e. The van der Waals surface area contributed by atoms with Crippen LogP contribution in [0.4, 0.5) is 0 Å². The van der Waals surface area contributed by atoms with Gasteiger partial charge in [-0.05, 0) is 25.1 Å². The molecule has 0 radical (unpaired) electrons. The number of nitrogens with zero attached hydrogens (tertiary/aromatic N) is 2. The number of halogens is 1. The SMILES string of the molecule is COC(=O)c1oc(CN2CCN(S(=O)(=O)c3ccc(Cl)s3)CC2)cc1C. The Labute approximate surface area is 161 Å². The van der Waals surface area contributed by atoms with E-state index in [9.17, 15) is 13.2 Å². The number of piperazine rings is 1. The number of sulfonamides is 1. The van der Waals surface area contributed by atoms with E-state index in [-0.39, 0.29) is 9.97 Å². The lowest BCUT2D eigenvalue weighted by Gasteiger charge is -2.33. The summed E-state index contributed by atoms with van der Waals surface area (Å²) in [6.07, 6.45) is 0. The molecule has 0 aliphatic carbocycles. The molecule has 2 aromatic rings. The fourth-order valence-electron chi connectivity index (χ4n) is 2.83. The Kier molecular flexibility index (Phi) is 5.73. The Hall–Kier alpha value is -1.39. The number of carbonyl (C=O) groups excluding carboxylic acids is 1. The lowest BCUT2D eigenvalue weighted by atomic mass is 10.2. The molecule has 0 saturated carbocycles. The minimum atomic E-state index is -3.50. The zero-order valence-corrected chi connectivity index (χ0v) is 16.8. The summed E-state index contributed by atoms with van der Waals surface area (Å²) >= 11 is 6.91. The molecule has 0 amide bonds. The van der Waals surface area contributed by atoms with Crippen LogP contribution >= 0.6 is 22.9 Å². The van der Waals surface area contributed by atoms with Crippen LogP contribution in [0, 0.1) is 6.92 Å². The molecule has 0 unspecified atom stereocenters. The average Bonchev–Trinajstić information content (AvgIpc) is 3.21. The molecule has 1 saturated heterocycles. The van der Waals surface area contributed by atoms with Gasteiger partial charge >= 0.3 is 5.97 Å². The third-order valence-electron chi connectivity index (χ3n) is 4.19. The number of hydrogen-bond donors (Lipinski definition) is 0. The highest BCUT2D eigenvalue weighted by molar-refractivity contribution is 7.91. The van der Waals surface area contributed by atoms with Crippen molar-refractivity contribution in [3.63, 3.8) is 0 Å². The summed E-state index contributed by atoms with van der Waals surface area (Å²) in [7, 11) is -2.19. The molecule has 26 heavy (non-hydrogen) atoms. The van der Waals surface area contributed by atoms with Crippen molar-refractivity contribution in [3.8, 4) is 0 Å². The molecule has 1 aliphatic rings. The van der Waals surface area contributed by atoms with E-state index in [2.05, 4.69) is 9.64 Å². The normalized spacial score (nSPS) is 16.7. The van der Waals surface area contributed by atoms with Crippen LogP contribution in [0.25, 0.3) is 0 Å². The molecule has 0 aromatic carbocycles. The van der Waals surface area contributed by atoms with Crippen molar-refractivity contribution < 1.29 is 22.4 Å². The highest BCUT2D eigenvalue weighted by Gasteiger charge is 2.30. The van der Waals surface area contributed by atoms with E-state index < -0.39 is 16.0 Å². The Morgan fingerprint density at radius 1 is 1.31 bits per heavy atom. The van der Waals surface area contributed by atoms with Crippen LogP contribution < -0.4 is 0 Å². The average molecular weight is 419 g/mol. The lowest BCUT2D eigenvalue weighted by molar-refractivity contribution is 0.0559. The van der Waals surface area contributed by atoms with Crippen molar-refractivity contribution in [3.05, 3.63) is 39.6 Å². The molecular formula is C16H19ClN2O5S2. The summed E-state index contributed by atoms with van der Waals surface area (Å²) < 4.78 is 37.7. The van der Waals surface area contributed by atoms with Crippen LogP contribution in [-0.4, -0.2) is 56.9 Å². The number of methoxy groups -OCH3 is 1. The molecule has 1 aliphatic heterocycles. The summed E-state index contributed by atoms with van der Waals surface area (Å²) in [5, 5.41) is 0. The molecule has 10 heteroatoms. The van der Waals surface area contributed by atoms with Gasteiger partial charge < -0.3 is 9.15 Å². The number of thiophene rings is 1. The number of ether oxygens (including phenoxy) is 1. The first kappa shape index (κ1) is 19.4. The van der Waals surface area contributed by atoms with Gasteiger partial charge in [-0.3, -0.25) is 4.90 Å². The molecular weight excluding hydrogens is 400 g/mol. The van der Waals surface area contributed by atoms with Gasteiger partial charge in [-0.25, -0.2) is 13.2 Å². The van der Waals surface area contributed by atoms with Gasteiger partial charge in [0.1, 0.15) is 9.97 Å². The summed E-state index contributed by atoms with van der Waals surface area (Å²) in [6.45, 7) is 4.23. The highest BCUT2D eigenvalue weighted by Crippen LogP contribution is 2.28. The van der Waals surface area contributed by atoms with Crippen molar-refractivity contribution in [1.29, 1.82) is 0 Å². The number of carbonyl (C=O) groups is 1. The van der Waals surface area contributed by atoms with E-state index in [1.165, 1.54) is 17.5 Å². The topological polar surface area (TPSA) is 80.1 Å². The summed E-state index contributed by atoms with van der Waals surface area (Å²) in [6, 6.07) is 4.94. The van der Waals surface area contributed by atoms with E-state index in [1.54, 1.807) is 13.0 Å². The van der Waals surface area contributed by atoms with Gasteiger partial charge in [0.05, 0.1) is 18.0 Å². The van der Waals surface area contributed by atoms with Crippen LogP contribution in [0.3, 0.4) is 0 Å². The smallest absolute Gasteiger partial charge is 0.374 e. The molecule has 0 N–H and O–H groups in total. The molecule has 142 valence electrons. The van der Waals surface area contributed by atoms with Crippen LogP contribution in [0.1, 0.15) is 21.9 Å². The van der Waals surface area contributed by atoms with Gasteiger partial charge in [0.25, 0.3) is 10.0 Å². The van der Waals surface area contributed by atoms with Crippen molar-refractivity contribution >= 4 is 38.9 Å².